The van der Waals surface area contributed by atoms with Crippen molar-refractivity contribution in [3.05, 3.63) is 59.3 Å². The van der Waals surface area contributed by atoms with E-state index in [0.29, 0.717) is 6.54 Å². The Morgan fingerprint density at radius 3 is 2.75 bits per heavy atom. The van der Waals surface area contributed by atoms with Gasteiger partial charge in [0.2, 0.25) is 5.91 Å². The lowest BCUT2D eigenvalue weighted by Crippen LogP contribution is -2.46. The van der Waals surface area contributed by atoms with Gasteiger partial charge in [-0.05, 0) is 36.4 Å². The van der Waals surface area contributed by atoms with E-state index in [1.165, 1.54) is 11.3 Å². The molecule has 0 spiro atoms. The fourth-order valence-corrected chi connectivity index (χ4v) is 4.52. The highest BCUT2D eigenvalue weighted by Gasteiger charge is 2.22. The van der Waals surface area contributed by atoms with Gasteiger partial charge in [-0.1, -0.05) is 18.2 Å². The molecule has 28 heavy (non-hydrogen) atoms. The van der Waals surface area contributed by atoms with Gasteiger partial charge in [0.15, 0.2) is 0 Å². The van der Waals surface area contributed by atoms with Crippen LogP contribution in [0.25, 0.3) is 0 Å². The van der Waals surface area contributed by atoms with Gasteiger partial charge in [0.25, 0.3) is 5.91 Å². The van der Waals surface area contributed by atoms with Crippen LogP contribution in [0.5, 0.6) is 0 Å². The lowest BCUT2D eigenvalue weighted by Gasteiger charge is -2.31. The van der Waals surface area contributed by atoms with E-state index in [1.54, 1.807) is 11.8 Å². The van der Waals surface area contributed by atoms with E-state index in [0.717, 1.165) is 47.8 Å². The highest BCUT2D eigenvalue weighted by Crippen LogP contribution is 2.27. The van der Waals surface area contributed by atoms with Gasteiger partial charge in [0.1, 0.15) is 0 Å². The van der Waals surface area contributed by atoms with Gasteiger partial charge < -0.3 is 10.6 Å². The normalized spacial score (nSPS) is 15.1. The van der Waals surface area contributed by atoms with E-state index in [1.807, 2.05) is 47.2 Å². The molecule has 0 bridgehead atoms. The van der Waals surface area contributed by atoms with Crippen LogP contribution in [0.3, 0.4) is 0 Å². The van der Waals surface area contributed by atoms with Crippen LogP contribution in [-0.2, 0) is 4.79 Å². The Morgan fingerprint density at radius 1 is 1.25 bits per heavy atom. The number of likely N-dealkylation sites (tertiary alicyclic amines) is 1. The molecule has 2 amide bonds. The fourth-order valence-electron chi connectivity index (χ4n) is 3.14. The van der Waals surface area contributed by atoms with Crippen molar-refractivity contribution >= 4 is 40.6 Å². The van der Waals surface area contributed by atoms with Gasteiger partial charge in [-0.2, -0.15) is 11.3 Å². The second-order valence-corrected chi connectivity index (χ2v) is 8.52. The number of thioether (sulfide) groups is 1. The predicted molar refractivity (Wildman–Crippen MR) is 117 cm³/mol. The van der Waals surface area contributed by atoms with E-state index in [4.69, 9.17) is 0 Å². The highest BCUT2D eigenvalue weighted by molar-refractivity contribution is 7.99. The summed E-state index contributed by atoms with van der Waals surface area (Å²) in [5.41, 5.74) is 1.57. The van der Waals surface area contributed by atoms with Crippen LogP contribution in [-0.4, -0.2) is 48.1 Å². The molecule has 1 fully saturated rings. The first-order chi connectivity index (χ1) is 13.7. The standard InChI is InChI=1S/C21H25N3O2S2/c1-2-12-28-19-6-4-3-5-18(19)23-20(25)14-24-10-7-17(8-11-24)22-21(26)16-9-13-27-15-16/h2-6,9,13,15,17H,1,7-8,10-12,14H2,(H,22,26)(H,23,25). The molecule has 3 rings (SSSR count). The molecule has 5 nitrogen and oxygen atoms in total. The number of thiophene rings is 1. The lowest BCUT2D eigenvalue weighted by atomic mass is 10.0. The molecular formula is C21H25N3O2S2. The lowest BCUT2D eigenvalue weighted by molar-refractivity contribution is -0.117. The zero-order valence-electron chi connectivity index (χ0n) is 15.7. The molecule has 148 valence electrons. The fraction of sp³-hybridized carbons (Fsp3) is 0.333. The third-order valence-electron chi connectivity index (χ3n) is 4.59. The number of benzene rings is 1. The summed E-state index contributed by atoms with van der Waals surface area (Å²) < 4.78 is 0. The molecule has 0 unspecified atom stereocenters. The van der Waals surface area contributed by atoms with Crippen molar-refractivity contribution in [2.24, 2.45) is 0 Å². The van der Waals surface area contributed by atoms with Crippen LogP contribution in [0.15, 0.2) is 58.6 Å². The second-order valence-electron chi connectivity index (χ2n) is 6.68. The third-order valence-corrected chi connectivity index (χ3v) is 6.34. The number of amides is 2. The summed E-state index contributed by atoms with van der Waals surface area (Å²) in [4.78, 5) is 27.8. The molecule has 7 heteroatoms. The molecule has 1 aromatic carbocycles. The summed E-state index contributed by atoms with van der Waals surface area (Å²) in [5, 5.41) is 9.88. The Hall–Kier alpha value is -2.09. The highest BCUT2D eigenvalue weighted by atomic mass is 32.2. The minimum atomic E-state index is -0.00826. The van der Waals surface area contributed by atoms with Crippen molar-refractivity contribution < 1.29 is 9.59 Å². The number of carbonyl (C=O) groups excluding carboxylic acids is 2. The number of nitrogens with zero attached hydrogens (tertiary/aromatic N) is 1. The summed E-state index contributed by atoms with van der Waals surface area (Å²) in [6, 6.07) is 9.83. The van der Waals surface area contributed by atoms with E-state index < -0.39 is 0 Å². The number of piperidine rings is 1. The monoisotopic (exact) mass is 415 g/mol. The van der Waals surface area contributed by atoms with Gasteiger partial charge in [-0.15, -0.1) is 18.3 Å². The Balaban J connectivity index is 1.44. The summed E-state index contributed by atoms with van der Waals surface area (Å²) >= 11 is 3.18. The van der Waals surface area contributed by atoms with Gasteiger partial charge >= 0.3 is 0 Å². The number of nitrogens with one attached hydrogen (secondary N) is 2. The minimum Gasteiger partial charge on any atom is -0.349 e. The van der Waals surface area contributed by atoms with Crippen molar-refractivity contribution in [1.29, 1.82) is 0 Å². The molecule has 2 N–H and O–H groups in total. The molecule has 2 aromatic rings. The largest absolute Gasteiger partial charge is 0.349 e. The minimum absolute atomic E-state index is 0.00703. The van der Waals surface area contributed by atoms with E-state index in [9.17, 15) is 9.59 Å². The number of para-hydroxylation sites is 1. The van der Waals surface area contributed by atoms with Gasteiger partial charge in [-0.3, -0.25) is 14.5 Å². The Labute approximate surface area is 174 Å². The molecule has 0 radical (unpaired) electrons. The first-order valence-electron chi connectivity index (χ1n) is 9.33. The van der Waals surface area contributed by atoms with Crippen LogP contribution in [0.1, 0.15) is 23.2 Å². The van der Waals surface area contributed by atoms with Crippen LogP contribution in [0.2, 0.25) is 0 Å². The van der Waals surface area contributed by atoms with Crippen molar-refractivity contribution in [2.75, 3.05) is 30.7 Å². The zero-order chi connectivity index (χ0) is 19.8. The zero-order valence-corrected chi connectivity index (χ0v) is 17.4. The molecule has 1 aliphatic heterocycles. The van der Waals surface area contributed by atoms with E-state index in [-0.39, 0.29) is 17.9 Å². The molecule has 1 saturated heterocycles. The number of hydrogen-bond acceptors (Lipinski definition) is 5. The summed E-state index contributed by atoms with van der Waals surface area (Å²) in [7, 11) is 0. The van der Waals surface area contributed by atoms with Crippen LogP contribution in [0.4, 0.5) is 5.69 Å². The number of hydrogen-bond donors (Lipinski definition) is 2. The topological polar surface area (TPSA) is 61.4 Å². The maximum atomic E-state index is 12.5. The summed E-state index contributed by atoms with van der Waals surface area (Å²) in [6.45, 7) is 5.71. The predicted octanol–water partition coefficient (Wildman–Crippen LogP) is 3.86. The quantitative estimate of drug-likeness (QED) is 0.508. The average Bonchev–Trinajstić information content (AvgIpc) is 3.24. The first kappa shape index (κ1) is 20.6. The van der Waals surface area contributed by atoms with Gasteiger partial charge in [0.05, 0.1) is 12.2 Å². The molecular weight excluding hydrogens is 390 g/mol. The van der Waals surface area contributed by atoms with Gasteiger partial charge in [0, 0.05) is 40.7 Å². The Kier molecular flexibility index (Phi) is 7.71. The first-order valence-corrected chi connectivity index (χ1v) is 11.3. The number of carbonyl (C=O) groups is 2. The molecule has 1 aliphatic rings. The smallest absolute Gasteiger partial charge is 0.252 e. The van der Waals surface area contributed by atoms with Crippen LogP contribution >= 0.6 is 23.1 Å². The molecule has 1 aromatic heterocycles. The molecule has 0 atom stereocenters. The SMILES string of the molecule is C=CCSc1ccccc1NC(=O)CN1CCC(NC(=O)c2ccsc2)CC1. The number of rotatable bonds is 8. The van der Waals surface area contributed by atoms with E-state index in [2.05, 4.69) is 22.1 Å². The Bertz CT molecular complexity index is 800. The summed E-state index contributed by atoms with van der Waals surface area (Å²) in [5.74, 6) is 0.788. The average molecular weight is 416 g/mol. The van der Waals surface area contributed by atoms with Crippen molar-refractivity contribution in [3.63, 3.8) is 0 Å². The molecule has 0 aliphatic carbocycles. The van der Waals surface area contributed by atoms with Crippen molar-refractivity contribution in [1.82, 2.24) is 10.2 Å². The van der Waals surface area contributed by atoms with Crippen molar-refractivity contribution in [3.8, 4) is 0 Å². The van der Waals surface area contributed by atoms with Gasteiger partial charge in [-0.25, -0.2) is 0 Å². The molecule has 2 heterocycles. The molecule has 0 saturated carbocycles. The Morgan fingerprint density at radius 2 is 2.04 bits per heavy atom. The number of anilines is 1. The van der Waals surface area contributed by atoms with Crippen LogP contribution in [0, 0.1) is 0 Å². The maximum Gasteiger partial charge on any atom is 0.252 e. The third kappa shape index (κ3) is 5.95. The summed E-state index contributed by atoms with van der Waals surface area (Å²) in [6.07, 6.45) is 3.56. The second kappa shape index (κ2) is 10.5. The van der Waals surface area contributed by atoms with Crippen LogP contribution < -0.4 is 10.6 Å². The van der Waals surface area contributed by atoms with Crippen molar-refractivity contribution in [2.45, 2.75) is 23.8 Å². The van der Waals surface area contributed by atoms with E-state index >= 15 is 0 Å². The maximum absolute atomic E-state index is 12.5.